The Hall–Kier alpha value is -1.98. The van der Waals surface area contributed by atoms with Gasteiger partial charge < -0.3 is 5.11 Å². The molecule has 0 saturated carbocycles. The summed E-state index contributed by atoms with van der Waals surface area (Å²) in [4.78, 5) is 11.2. The third-order valence-corrected chi connectivity index (χ3v) is 3.27. The Balaban J connectivity index is 3.36. The van der Waals surface area contributed by atoms with Crippen LogP contribution in [0.15, 0.2) is 24.3 Å². The van der Waals surface area contributed by atoms with Crippen LogP contribution in [0.3, 0.4) is 0 Å². The summed E-state index contributed by atoms with van der Waals surface area (Å²) in [5.74, 6) is -4.87. The first-order valence-corrected chi connectivity index (χ1v) is 6.45. The first-order valence-electron chi connectivity index (χ1n) is 6.07. The zero-order valence-corrected chi connectivity index (χ0v) is 12.6. The van der Waals surface area contributed by atoms with Gasteiger partial charge in [-0.1, -0.05) is 17.7 Å². The van der Waals surface area contributed by atoms with Crippen LogP contribution in [0.4, 0.5) is 43.9 Å². The van der Waals surface area contributed by atoms with Crippen molar-refractivity contribution in [3.63, 3.8) is 0 Å². The van der Waals surface area contributed by atoms with Crippen LogP contribution < -0.4 is 0 Å². The number of aliphatic hydroxyl groups excluding tert-OH is 1. The summed E-state index contributed by atoms with van der Waals surface area (Å²) < 4.78 is 125. The van der Waals surface area contributed by atoms with Gasteiger partial charge in [-0.25, -0.2) is 4.39 Å². The fourth-order valence-corrected chi connectivity index (χ4v) is 1.94. The molecule has 0 heterocycles. The zero-order valence-electron chi connectivity index (χ0n) is 11.8. The summed E-state index contributed by atoms with van der Waals surface area (Å²) in [6.45, 7) is 0. The van der Waals surface area contributed by atoms with E-state index in [0.717, 1.165) is 0 Å². The Morgan fingerprint density at radius 3 is 1.73 bits per heavy atom. The Kier molecular flexibility index (Phi) is 5.63. The van der Waals surface area contributed by atoms with Gasteiger partial charge in [-0.15, -0.1) is 0 Å². The molecule has 0 radical (unpaired) electrons. The fourth-order valence-electron chi connectivity index (χ4n) is 1.65. The Labute approximate surface area is 142 Å². The summed E-state index contributed by atoms with van der Waals surface area (Å²) in [5, 5.41) is 8.33. The normalized spacial score (nSPS) is 14.5. The predicted octanol–water partition coefficient (Wildman–Crippen LogP) is 5.66. The largest absolute Gasteiger partial charge is 0.507 e. The number of halogens is 11. The van der Waals surface area contributed by atoms with Gasteiger partial charge in [-0.3, -0.25) is 4.79 Å². The maximum atomic E-state index is 13.4. The van der Waals surface area contributed by atoms with Crippen molar-refractivity contribution in [2.45, 2.75) is 24.2 Å². The smallest absolute Gasteiger partial charge is 0.439 e. The van der Waals surface area contributed by atoms with Crippen LogP contribution in [-0.2, 0) is 11.0 Å². The van der Waals surface area contributed by atoms with Gasteiger partial charge in [-0.2, -0.15) is 39.5 Å². The molecule has 26 heavy (non-hydrogen) atoms. The summed E-state index contributed by atoms with van der Waals surface area (Å²) in [6.07, 6.45) is -19.1. The minimum atomic E-state index is -6.70. The Bertz CT molecular complexity index is 716. The number of benzene rings is 1. The second-order valence-corrected chi connectivity index (χ2v) is 5.15. The van der Waals surface area contributed by atoms with Gasteiger partial charge >= 0.3 is 24.2 Å². The van der Waals surface area contributed by atoms with E-state index in [1.807, 2.05) is 0 Å². The average Bonchev–Trinajstić information content (AvgIpc) is 2.42. The van der Waals surface area contributed by atoms with E-state index < -0.39 is 58.0 Å². The highest BCUT2D eigenvalue weighted by atomic mass is 35.5. The lowest BCUT2D eigenvalue weighted by molar-refractivity contribution is -0.323. The summed E-state index contributed by atoms with van der Waals surface area (Å²) >= 11 is 5.25. The molecule has 0 unspecified atom stereocenters. The number of carbonyl (C=O) groups excluding carboxylic acids is 1. The molecule has 0 saturated heterocycles. The van der Waals surface area contributed by atoms with Crippen molar-refractivity contribution < 1.29 is 53.8 Å². The highest BCUT2D eigenvalue weighted by Crippen LogP contribution is 2.47. The van der Waals surface area contributed by atoms with E-state index in [1.54, 1.807) is 0 Å². The molecule has 1 N–H and O–H groups in total. The van der Waals surface area contributed by atoms with E-state index in [1.165, 1.54) is 0 Å². The van der Waals surface area contributed by atoms with Crippen molar-refractivity contribution in [3.8, 4) is 0 Å². The van der Waals surface area contributed by atoms with Crippen molar-refractivity contribution in [1.82, 2.24) is 0 Å². The second-order valence-electron chi connectivity index (χ2n) is 4.74. The molecule has 13 heteroatoms. The summed E-state index contributed by atoms with van der Waals surface area (Å²) in [6, 6.07) is 0.988. The molecule has 0 aliphatic carbocycles. The fraction of sp³-hybridized carbons (Fsp3) is 0.308. The number of hydrogen-bond donors (Lipinski definition) is 1. The van der Waals surface area contributed by atoms with Gasteiger partial charge in [0.25, 0.3) is 0 Å². The lowest BCUT2D eigenvalue weighted by Gasteiger charge is -2.27. The van der Waals surface area contributed by atoms with Gasteiger partial charge in [0.2, 0.25) is 5.78 Å². The lowest BCUT2D eigenvalue weighted by atomic mass is 9.97. The van der Waals surface area contributed by atoms with Crippen LogP contribution in [0.1, 0.15) is 11.1 Å². The monoisotopic (exact) mass is 418 g/mol. The minimum absolute atomic E-state index is 0.252. The van der Waals surface area contributed by atoms with Crippen LogP contribution in [0.5, 0.6) is 0 Å². The van der Waals surface area contributed by atoms with Crippen LogP contribution >= 0.6 is 11.6 Å². The third-order valence-electron chi connectivity index (χ3n) is 2.96. The Morgan fingerprint density at radius 1 is 0.923 bits per heavy atom. The molecular formula is C13H5ClF10O2. The number of carbonyl (C=O) groups is 1. The van der Waals surface area contributed by atoms with E-state index in [2.05, 4.69) is 0 Å². The van der Waals surface area contributed by atoms with Crippen LogP contribution in [-0.4, -0.2) is 28.9 Å². The van der Waals surface area contributed by atoms with Crippen LogP contribution in [0.2, 0.25) is 5.02 Å². The Morgan fingerprint density at radius 2 is 1.38 bits per heavy atom. The number of aliphatic hydroxyl groups is 1. The van der Waals surface area contributed by atoms with Crippen molar-refractivity contribution >= 4 is 23.1 Å². The SMILES string of the molecule is O=C(/C=C(\O)c1ccc(C(F)(F)F)c(Cl)c1)C(F)(C(F)(F)F)C(F)(F)F. The average molecular weight is 419 g/mol. The van der Waals surface area contributed by atoms with Gasteiger partial charge in [-0.05, 0) is 12.1 Å². The number of allylic oxidation sites excluding steroid dienone is 1. The first kappa shape index (κ1) is 22.1. The maximum Gasteiger partial charge on any atom is 0.439 e. The molecular weight excluding hydrogens is 414 g/mol. The van der Waals surface area contributed by atoms with E-state index >= 15 is 0 Å². The summed E-state index contributed by atoms with van der Waals surface area (Å²) in [7, 11) is 0. The van der Waals surface area contributed by atoms with Crippen LogP contribution in [0, 0.1) is 0 Å². The third kappa shape index (κ3) is 4.05. The highest BCUT2D eigenvalue weighted by molar-refractivity contribution is 6.31. The van der Waals surface area contributed by atoms with E-state index in [0.29, 0.717) is 12.1 Å². The van der Waals surface area contributed by atoms with Crippen molar-refractivity contribution in [1.29, 1.82) is 0 Å². The van der Waals surface area contributed by atoms with Crippen molar-refractivity contribution in [3.05, 3.63) is 40.4 Å². The molecule has 0 fully saturated rings. The van der Waals surface area contributed by atoms with Gasteiger partial charge in [0.15, 0.2) is 0 Å². The molecule has 1 aromatic carbocycles. The van der Waals surface area contributed by atoms with Gasteiger partial charge in [0, 0.05) is 11.6 Å². The quantitative estimate of drug-likeness (QED) is 0.391. The lowest BCUT2D eigenvalue weighted by Crippen LogP contribution is -2.58. The molecule has 2 nitrogen and oxygen atoms in total. The number of hydrogen-bond acceptors (Lipinski definition) is 2. The standard InChI is InChI=1S/C13H5ClF10O2/c14-7-3-5(1-2-6(7)11(16,17)18)8(25)4-9(26)10(15,12(19,20)21)13(22,23)24/h1-4,25H/b8-4-. The van der Waals surface area contributed by atoms with E-state index in [4.69, 9.17) is 11.6 Å². The number of alkyl halides is 10. The number of rotatable bonds is 3. The molecule has 146 valence electrons. The molecule has 0 aliphatic rings. The number of ketones is 1. The molecule has 0 aromatic heterocycles. The summed E-state index contributed by atoms with van der Waals surface area (Å²) in [5.41, 5.74) is -8.58. The minimum Gasteiger partial charge on any atom is -0.507 e. The van der Waals surface area contributed by atoms with Crippen LogP contribution in [0.25, 0.3) is 5.76 Å². The van der Waals surface area contributed by atoms with Crippen molar-refractivity contribution in [2.24, 2.45) is 0 Å². The highest BCUT2D eigenvalue weighted by Gasteiger charge is 2.76. The van der Waals surface area contributed by atoms with E-state index in [9.17, 15) is 53.8 Å². The predicted molar refractivity (Wildman–Crippen MR) is 68.0 cm³/mol. The molecule has 0 bridgehead atoms. The maximum absolute atomic E-state index is 13.4. The van der Waals surface area contributed by atoms with Crippen molar-refractivity contribution in [2.75, 3.05) is 0 Å². The van der Waals surface area contributed by atoms with Gasteiger partial charge in [0.05, 0.1) is 10.6 Å². The second kappa shape index (κ2) is 6.63. The zero-order chi connectivity index (χ0) is 20.7. The van der Waals surface area contributed by atoms with E-state index in [-0.39, 0.29) is 6.07 Å². The molecule has 0 spiro atoms. The molecule has 1 rings (SSSR count). The molecule has 0 aliphatic heterocycles. The first-order chi connectivity index (χ1) is 11.4. The van der Waals surface area contributed by atoms with Gasteiger partial charge in [0.1, 0.15) is 5.76 Å². The topological polar surface area (TPSA) is 37.3 Å². The molecule has 1 aromatic rings. The molecule has 0 amide bonds. The molecule has 0 atom stereocenters.